The van der Waals surface area contributed by atoms with Gasteiger partial charge in [0.25, 0.3) is 10.1 Å². The predicted molar refractivity (Wildman–Crippen MR) is 137 cm³/mol. The maximum absolute atomic E-state index is 10.8. The smallest absolute Gasteiger partial charge is 0.264 e. The van der Waals surface area contributed by atoms with E-state index in [1.54, 1.807) is 7.11 Å². The second-order valence-electron chi connectivity index (χ2n) is 8.28. The maximum atomic E-state index is 10.8. The van der Waals surface area contributed by atoms with Crippen molar-refractivity contribution in [2.75, 3.05) is 24.7 Å². The fourth-order valence-corrected chi connectivity index (χ4v) is 4.61. The first-order chi connectivity index (χ1) is 17.0. The van der Waals surface area contributed by atoms with Crippen LogP contribution in [0.25, 0.3) is 33.6 Å². The number of rotatable bonds is 12. The predicted octanol–water partition coefficient (Wildman–Crippen LogP) is 5.82. The van der Waals surface area contributed by atoms with E-state index in [0.29, 0.717) is 24.5 Å². The molecule has 0 saturated carbocycles. The molecule has 0 bridgehead atoms. The molecule has 2 aromatic carbocycles. The molecule has 184 valence electrons. The van der Waals surface area contributed by atoms with Crippen molar-refractivity contribution in [3.05, 3.63) is 60.9 Å². The van der Waals surface area contributed by atoms with Crippen molar-refractivity contribution in [1.29, 1.82) is 0 Å². The molecule has 2 aromatic heterocycles. The van der Waals surface area contributed by atoms with E-state index >= 15 is 0 Å². The van der Waals surface area contributed by atoms with Gasteiger partial charge in [0.15, 0.2) is 0 Å². The molecule has 0 amide bonds. The minimum absolute atomic E-state index is 0.178. The number of methoxy groups -OCH3 is 1. The number of aromatic nitrogens is 2. The Morgan fingerprint density at radius 1 is 0.914 bits per heavy atom. The zero-order chi connectivity index (χ0) is 24.7. The molecule has 8 nitrogen and oxygen atoms in total. The van der Waals surface area contributed by atoms with Crippen LogP contribution in [0, 0.1) is 0 Å². The lowest BCUT2D eigenvalue weighted by Gasteiger charge is -2.09. The molecule has 0 spiro atoms. The van der Waals surface area contributed by atoms with E-state index in [1.807, 2.05) is 54.6 Å². The molecule has 0 aliphatic rings. The molecule has 0 atom stereocenters. The zero-order valence-electron chi connectivity index (χ0n) is 19.6. The Labute approximate surface area is 205 Å². The molecular weight excluding hydrogens is 466 g/mol. The summed E-state index contributed by atoms with van der Waals surface area (Å²) in [6.07, 6.45) is 5.48. The van der Waals surface area contributed by atoms with Gasteiger partial charge in [-0.3, -0.25) is 4.55 Å². The van der Waals surface area contributed by atoms with Crippen LogP contribution in [0.3, 0.4) is 0 Å². The van der Waals surface area contributed by atoms with Gasteiger partial charge < -0.3 is 14.5 Å². The molecule has 4 aromatic rings. The van der Waals surface area contributed by atoms with Gasteiger partial charge in [-0.05, 0) is 30.5 Å². The molecule has 35 heavy (non-hydrogen) atoms. The van der Waals surface area contributed by atoms with Crippen LogP contribution in [0.4, 0.5) is 5.82 Å². The van der Waals surface area contributed by atoms with E-state index in [1.165, 1.54) is 6.33 Å². The van der Waals surface area contributed by atoms with Crippen molar-refractivity contribution in [2.24, 2.45) is 0 Å². The maximum Gasteiger partial charge on any atom is 0.264 e. The largest absolute Gasteiger partial charge is 0.497 e. The summed E-state index contributed by atoms with van der Waals surface area (Å²) in [7, 11) is -2.23. The molecule has 0 fully saturated rings. The van der Waals surface area contributed by atoms with Gasteiger partial charge in [-0.15, -0.1) is 0 Å². The van der Waals surface area contributed by atoms with Crippen LogP contribution in [-0.4, -0.2) is 42.3 Å². The Kier molecular flexibility index (Phi) is 7.99. The first-order valence-electron chi connectivity index (χ1n) is 11.6. The monoisotopic (exact) mass is 495 g/mol. The minimum atomic E-state index is -3.87. The fraction of sp³-hybridized carbons (Fsp3) is 0.308. The highest BCUT2D eigenvalue weighted by atomic mass is 32.2. The lowest BCUT2D eigenvalue weighted by molar-refractivity contribution is 0.415. The SMILES string of the molecule is COc1ccc(-c2c(-c3ccccc3)oc3ncnc(NCCCCCCCS(=O)(=O)O)c23)cc1. The normalized spacial score (nSPS) is 11.6. The highest BCUT2D eigenvalue weighted by Crippen LogP contribution is 2.42. The van der Waals surface area contributed by atoms with Crippen molar-refractivity contribution in [3.63, 3.8) is 0 Å². The first kappa shape index (κ1) is 24.7. The fourth-order valence-electron chi connectivity index (χ4n) is 4.04. The molecular formula is C26H29N3O5S. The van der Waals surface area contributed by atoms with Crippen molar-refractivity contribution in [1.82, 2.24) is 9.97 Å². The van der Waals surface area contributed by atoms with Gasteiger partial charge in [0.05, 0.1) is 18.2 Å². The molecule has 0 aliphatic carbocycles. The average Bonchev–Trinajstić information content (AvgIpc) is 3.26. The summed E-state index contributed by atoms with van der Waals surface area (Å²) in [5.74, 6) is 2.03. The van der Waals surface area contributed by atoms with Crippen LogP contribution >= 0.6 is 0 Å². The number of nitrogens with one attached hydrogen (secondary N) is 1. The van der Waals surface area contributed by atoms with Crippen molar-refractivity contribution in [2.45, 2.75) is 32.1 Å². The van der Waals surface area contributed by atoms with Crippen LogP contribution in [-0.2, 0) is 10.1 Å². The average molecular weight is 496 g/mol. The Hall–Kier alpha value is -3.43. The lowest BCUT2D eigenvalue weighted by Crippen LogP contribution is -2.05. The van der Waals surface area contributed by atoms with Gasteiger partial charge in [-0.2, -0.15) is 8.42 Å². The zero-order valence-corrected chi connectivity index (χ0v) is 20.4. The highest BCUT2D eigenvalue weighted by Gasteiger charge is 2.22. The van der Waals surface area contributed by atoms with E-state index in [9.17, 15) is 8.42 Å². The minimum Gasteiger partial charge on any atom is -0.497 e. The van der Waals surface area contributed by atoms with Crippen LogP contribution in [0.5, 0.6) is 5.75 Å². The molecule has 0 saturated heterocycles. The third-order valence-electron chi connectivity index (χ3n) is 5.77. The van der Waals surface area contributed by atoms with E-state index < -0.39 is 10.1 Å². The van der Waals surface area contributed by atoms with Gasteiger partial charge in [0.1, 0.15) is 23.7 Å². The summed E-state index contributed by atoms with van der Waals surface area (Å²) >= 11 is 0. The Morgan fingerprint density at radius 2 is 1.63 bits per heavy atom. The number of furan rings is 1. The second-order valence-corrected chi connectivity index (χ2v) is 9.86. The van der Waals surface area contributed by atoms with Crippen molar-refractivity contribution < 1.29 is 22.1 Å². The van der Waals surface area contributed by atoms with Crippen molar-refractivity contribution >= 4 is 27.0 Å². The van der Waals surface area contributed by atoms with Gasteiger partial charge in [0, 0.05) is 17.7 Å². The number of hydrogen-bond acceptors (Lipinski definition) is 7. The third kappa shape index (κ3) is 6.37. The van der Waals surface area contributed by atoms with E-state index in [2.05, 4.69) is 15.3 Å². The standard InChI is InChI=1S/C26H29N3O5S/c1-33-21-14-12-19(13-15-21)22-23-25(27-16-8-3-2-4-9-17-35(30,31)32)28-18-29-26(23)34-24(22)20-10-6-5-7-11-20/h5-7,10-15,18H,2-4,8-9,16-17H2,1H3,(H,27,28,29)(H,30,31,32). The molecule has 4 rings (SSSR count). The molecule has 0 radical (unpaired) electrons. The molecule has 9 heteroatoms. The van der Waals surface area contributed by atoms with E-state index in [4.69, 9.17) is 13.7 Å². The highest BCUT2D eigenvalue weighted by molar-refractivity contribution is 7.85. The molecule has 2 heterocycles. The third-order valence-corrected chi connectivity index (χ3v) is 6.58. The summed E-state index contributed by atoms with van der Waals surface area (Å²) in [6.45, 7) is 0.707. The second kappa shape index (κ2) is 11.3. The number of unbranched alkanes of at least 4 members (excludes halogenated alkanes) is 4. The van der Waals surface area contributed by atoms with Crippen LogP contribution < -0.4 is 10.1 Å². The van der Waals surface area contributed by atoms with Gasteiger partial charge in [0.2, 0.25) is 5.71 Å². The number of hydrogen-bond donors (Lipinski definition) is 2. The van der Waals surface area contributed by atoms with Crippen molar-refractivity contribution in [3.8, 4) is 28.2 Å². The summed E-state index contributed by atoms with van der Waals surface area (Å²) < 4.78 is 42.0. The Balaban J connectivity index is 1.55. The number of benzene rings is 2. The topological polar surface area (TPSA) is 115 Å². The number of ether oxygens (including phenoxy) is 1. The summed E-state index contributed by atoms with van der Waals surface area (Å²) in [5.41, 5.74) is 3.35. The molecule has 0 unspecified atom stereocenters. The lowest BCUT2D eigenvalue weighted by atomic mass is 9.99. The Bertz CT molecular complexity index is 1350. The van der Waals surface area contributed by atoms with Gasteiger partial charge in [-0.25, -0.2) is 9.97 Å². The number of fused-ring (bicyclic) bond motifs is 1. The van der Waals surface area contributed by atoms with Gasteiger partial charge >= 0.3 is 0 Å². The summed E-state index contributed by atoms with van der Waals surface area (Å²) in [4.78, 5) is 8.90. The van der Waals surface area contributed by atoms with Gasteiger partial charge in [-0.1, -0.05) is 61.7 Å². The number of anilines is 1. The van der Waals surface area contributed by atoms with E-state index in [0.717, 1.165) is 59.3 Å². The van der Waals surface area contributed by atoms with Crippen LogP contribution in [0.2, 0.25) is 0 Å². The first-order valence-corrected chi connectivity index (χ1v) is 13.2. The van der Waals surface area contributed by atoms with Crippen LogP contribution in [0.15, 0.2) is 65.3 Å². The van der Waals surface area contributed by atoms with E-state index in [-0.39, 0.29) is 5.75 Å². The van der Waals surface area contributed by atoms with Crippen LogP contribution in [0.1, 0.15) is 32.1 Å². The summed E-state index contributed by atoms with van der Waals surface area (Å²) in [5, 5.41) is 4.25. The number of nitrogens with zero attached hydrogens (tertiary/aromatic N) is 2. The molecule has 2 N–H and O–H groups in total. The Morgan fingerprint density at radius 3 is 2.34 bits per heavy atom. The quantitative estimate of drug-likeness (QED) is 0.187. The summed E-state index contributed by atoms with van der Waals surface area (Å²) in [6, 6.07) is 17.8. The molecule has 0 aliphatic heterocycles.